The van der Waals surface area contributed by atoms with Crippen molar-refractivity contribution in [1.29, 1.82) is 0 Å². The number of methoxy groups -OCH3 is 1. The van der Waals surface area contributed by atoms with Crippen LogP contribution in [0, 0.1) is 6.92 Å². The molecule has 1 saturated heterocycles. The fraction of sp³-hybridized carbons (Fsp3) is 0.600. The Morgan fingerprint density at radius 3 is 3.00 bits per heavy atom. The van der Waals surface area contributed by atoms with Gasteiger partial charge in [0.2, 0.25) is 0 Å². The van der Waals surface area contributed by atoms with E-state index < -0.39 is 0 Å². The highest BCUT2D eigenvalue weighted by Crippen LogP contribution is 2.41. The van der Waals surface area contributed by atoms with E-state index in [0.29, 0.717) is 12.0 Å². The molecule has 92 valence electrons. The number of fused-ring (bicyclic) bond motifs is 3. The van der Waals surface area contributed by atoms with Gasteiger partial charge in [0.1, 0.15) is 5.75 Å². The van der Waals surface area contributed by atoms with Crippen LogP contribution in [0.15, 0.2) is 12.1 Å². The van der Waals surface area contributed by atoms with Crippen molar-refractivity contribution in [2.75, 3.05) is 13.7 Å². The van der Waals surface area contributed by atoms with E-state index >= 15 is 0 Å². The van der Waals surface area contributed by atoms with E-state index in [1.807, 2.05) is 0 Å². The van der Waals surface area contributed by atoms with Crippen molar-refractivity contribution in [2.45, 2.75) is 44.6 Å². The van der Waals surface area contributed by atoms with Crippen LogP contribution in [0.5, 0.6) is 5.75 Å². The van der Waals surface area contributed by atoms with Gasteiger partial charge in [-0.15, -0.1) is 0 Å². The molecular formula is C15H21NO. The van der Waals surface area contributed by atoms with Gasteiger partial charge in [0, 0.05) is 6.04 Å². The normalized spacial score (nSPS) is 27.2. The smallest absolute Gasteiger partial charge is 0.125 e. The summed E-state index contributed by atoms with van der Waals surface area (Å²) in [6, 6.07) is 5.25. The molecule has 0 aromatic heterocycles. The third-order valence-electron chi connectivity index (χ3n) is 4.39. The van der Waals surface area contributed by atoms with E-state index in [0.717, 1.165) is 12.2 Å². The molecule has 1 heterocycles. The molecule has 1 N–H and O–H groups in total. The van der Waals surface area contributed by atoms with Crippen molar-refractivity contribution in [3.05, 3.63) is 28.8 Å². The molecule has 2 heteroatoms. The molecule has 0 unspecified atom stereocenters. The number of ether oxygens (including phenoxy) is 1. The van der Waals surface area contributed by atoms with E-state index in [1.165, 1.54) is 42.5 Å². The molecule has 0 radical (unpaired) electrons. The van der Waals surface area contributed by atoms with Crippen LogP contribution >= 0.6 is 0 Å². The average molecular weight is 231 g/mol. The predicted molar refractivity (Wildman–Crippen MR) is 69.8 cm³/mol. The Kier molecular flexibility index (Phi) is 2.83. The van der Waals surface area contributed by atoms with Crippen molar-refractivity contribution >= 4 is 0 Å². The molecule has 0 spiro atoms. The Morgan fingerprint density at radius 1 is 1.29 bits per heavy atom. The molecule has 2 nitrogen and oxygen atoms in total. The summed E-state index contributed by atoms with van der Waals surface area (Å²) in [7, 11) is 1.80. The van der Waals surface area contributed by atoms with Gasteiger partial charge in [-0.1, -0.05) is 12.1 Å². The molecule has 1 fully saturated rings. The maximum Gasteiger partial charge on any atom is 0.125 e. The second kappa shape index (κ2) is 4.34. The van der Waals surface area contributed by atoms with Crippen molar-refractivity contribution in [1.82, 2.24) is 5.32 Å². The largest absolute Gasteiger partial charge is 0.496 e. The van der Waals surface area contributed by atoms with Crippen LogP contribution in [-0.2, 0) is 6.42 Å². The van der Waals surface area contributed by atoms with Crippen LogP contribution in [0.3, 0.4) is 0 Å². The number of nitrogens with one attached hydrogen (secondary N) is 1. The van der Waals surface area contributed by atoms with Gasteiger partial charge in [0.15, 0.2) is 0 Å². The summed E-state index contributed by atoms with van der Waals surface area (Å²) in [5, 5.41) is 3.67. The highest BCUT2D eigenvalue weighted by molar-refractivity contribution is 5.49. The first-order valence-corrected chi connectivity index (χ1v) is 6.71. The zero-order chi connectivity index (χ0) is 11.8. The molecule has 1 aromatic carbocycles. The zero-order valence-corrected chi connectivity index (χ0v) is 10.8. The van der Waals surface area contributed by atoms with Crippen LogP contribution in [-0.4, -0.2) is 19.7 Å². The van der Waals surface area contributed by atoms with E-state index in [4.69, 9.17) is 4.74 Å². The summed E-state index contributed by atoms with van der Waals surface area (Å²) in [4.78, 5) is 0. The molecule has 0 amide bonds. The minimum atomic E-state index is 0.698. The molecule has 0 bridgehead atoms. The van der Waals surface area contributed by atoms with Crippen LogP contribution < -0.4 is 10.1 Å². The molecule has 2 aliphatic rings. The van der Waals surface area contributed by atoms with Gasteiger partial charge in [-0.3, -0.25) is 0 Å². The summed E-state index contributed by atoms with van der Waals surface area (Å²) in [5.41, 5.74) is 4.28. The first kappa shape index (κ1) is 11.1. The molecule has 1 aliphatic carbocycles. The van der Waals surface area contributed by atoms with Crippen LogP contribution in [0.2, 0.25) is 0 Å². The Bertz CT molecular complexity index is 427. The SMILES string of the molecule is COc1c(C)ccc2c1CC[C@H]1NCCC[C@@H]21. The summed E-state index contributed by atoms with van der Waals surface area (Å²) in [6.45, 7) is 3.34. The molecule has 0 saturated carbocycles. The monoisotopic (exact) mass is 231 g/mol. The Morgan fingerprint density at radius 2 is 2.18 bits per heavy atom. The van der Waals surface area contributed by atoms with E-state index in [-0.39, 0.29) is 0 Å². The van der Waals surface area contributed by atoms with Gasteiger partial charge < -0.3 is 10.1 Å². The third kappa shape index (κ3) is 1.75. The van der Waals surface area contributed by atoms with Crippen LogP contribution in [0.25, 0.3) is 0 Å². The van der Waals surface area contributed by atoms with Crippen molar-refractivity contribution in [3.63, 3.8) is 0 Å². The molecule has 1 aliphatic heterocycles. The molecule has 3 rings (SSSR count). The topological polar surface area (TPSA) is 21.3 Å². The van der Waals surface area contributed by atoms with Crippen molar-refractivity contribution in [3.8, 4) is 5.75 Å². The first-order valence-electron chi connectivity index (χ1n) is 6.71. The lowest BCUT2D eigenvalue weighted by Gasteiger charge is -2.38. The van der Waals surface area contributed by atoms with Crippen LogP contribution in [0.4, 0.5) is 0 Å². The number of rotatable bonds is 1. The van der Waals surface area contributed by atoms with E-state index in [2.05, 4.69) is 24.4 Å². The van der Waals surface area contributed by atoms with Gasteiger partial charge in [0.05, 0.1) is 7.11 Å². The molecule has 2 atom stereocenters. The predicted octanol–water partition coefficient (Wildman–Crippen LogP) is 2.79. The van der Waals surface area contributed by atoms with E-state index in [1.54, 1.807) is 7.11 Å². The van der Waals surface area contributed by atoms with Crippen molar-refractivity contribution < 1.29 is 4.74 Å². The summed E-state index contributed by atoms with van der Waals surface area (Å²) < 4.78 is 5.60. The van der Waals surface area contributed by atoms with Gasteiger partial charge in [-0.2, -0.15) is 0 Å². The second-order valence-electron chi connectivity index (χ2n) is 5.33. The lowest BCUT2D eigenvalue weighted by molar-refractivity contribution is 0.313. The standard InChI is InChI=1S/C15H21NO/c1-10-5-6-11-12-4-3-9-16-14(12)8-7-13(11)15(10)17-2/h5-6,12,14,16H,3-4,7-9H2,1-2H3/t12-,14+/m0/s1. The second-order valence-corrected chi connectivity index (χ2v) is 5.33. The number of hydrogen-bond acceptors (Lipinski definition) is 2. The fourth-order valence-corrected chi connectivity index (χ4v) is 3.58. The Labute approximate surface area is 103 Å². The maximum atomic E-state index is 5.60. The summed E-state index contributed by atoms with van der Waals surface area (Å²) in [6.07, 6.45) is 5.06. The summed E-state index contributed by atoms with van der Waals surface area (Å²) in [5.74, 6) is 1.84. The average Bonchev–Trinajstić information content (AvgIpc) is 2.38. The fourth-order valence-electron chi connectivity index (χ4n) is 3.58. The minimum absolute atomic E-state index is 0.698. The lowest BCUT2D eigenvalue weighted by Crippen LogP contribution is -2.42. The van der Waals surface area contributed by atoms with Gasteiger partial charge >= 0.3 is 0 Å². The Hall–Kier alpha value is -1.02. The highest BCUT2D eigenvalue weighted by atomic mass is 16.5. The summed E-state index contributed by atoms with van der Waals surface area (Å²) >= 11 is 0. The molecule has 17 heavy (non-hydrogen) atoms. The third-order valence-corrected chi connectivity index (χ3v) is 4.39. The number of benzene rings is 1. The van der Waals surface area contributed by atoms with Gasteiger partial charge in [-0.25, -0.2) is 0 Å². The first-order chi connectivity index (χ1) is 8.31. The highest BCUT2D eigenvalue weighted by Gasteiger charge is 2.32. The number of aryl methyl sites for hydroxylation is 1. The molecule has 1 aromatic rings. The number of piperidine rings is 1. The maximum absolute atomic E-state index is 5.60. The minimum Gasteiger partial charge on any atom is -0.496 e. The number of hydrogen-bond donors (Lipinski definition) is 1. The quantitative estimate of drug-likeness (QED) is 0.802. The zero-order valence-electron chi connectivity index (χ0n) is 10.8. The Balaban J connectivity index is 2.05. The van der Waals surface area contributed by atoms with Gasteiger partial charge in [0.25, 0.3) is 0 Å². The van der Waals surface area contributed by atoms with E-state index in [9.17, 15) is 0 Å². The van der Waals surface area contributed by atoms with Gasteiger partial charge in [-0.05, 0) is 61.8 Å². The van der Waals surface area contributed by atoms with Crippen LogP contribution in [0.1, 0.15) is 41.9 Å². The lowest BCUT2D eigenvalue weighted by atomic mass is 9.74. The molecular weight excluding hydrogens is 210 g/mol. The van der Waals surface area contributed by atoms with Crippen molar-refractivity contribution in [2.24, 2.45) is 0 Å².